The summed E-state index contributed by atoms with van der Waals surface area (Å²) < 4.78 is 7.26. The average molecular weight is 460 g/mol. The van der Waals surface area contributed by atoms with Gasteiger partial charge in [0, 0.05) is 23.7 Å². The van der Waals surface area contributed by atoms with E-state index >= 15 is 0 Å². The van der Waals surface area contributed by atoms with Gasteiger partial charge < -0.3 is 15.4 Å². The quantitative estimate of drug-likeness (QED) is 0.474. The highest BCUT2D eigenvalue weighted by Crippen LogP contribution is 2.35. The van der Waals surface area contributed by atoms with Crippen LogP contribution < -0.4 is 10.6 Å². The molecule has 10 nitrogen and oxygen atoms in total. The van der Waals surface area contributed by atoms with Crippen molar-refractivity contribution in [2.45, 2.75) is 77.4 Å². The Kier molecular flexibility index (Phi) is 6.73. The lowest BCUT2D eigenvalue weighted by molar-refractivity contribution is -0.115. The van der Waals surface area contributed by atoms with E-state index in [0.29, 0.717) is 11.5 Å². The van der Waals surface area contributed by atoms with Crippen molar-refractivity contribution in [2.75, 3.05) is 5.32 Å². The van der Waals surface area contributed by atoms with Crippen LogP contribution in [0.4, 0.5) is 10.6 Å². The van der Waals surface area contributed by atoms with Crippen molar-refractivity contribution < 1.29 is 14.3 Å². The minimum absolute atomic E-state index is 0.0990. The summed E-state index contributed by atoms with van der Waals surface area (Å²) in [7, 11) is 0. The molecule has 3 aromatic rings. The highest BCUT2D eigenvalue weighted by Gasteiger charge is 2.30. The second kappa shape index (κ2) is 9.68. The Labute approximate surface area is 190 Å². The molecule has 0 bridgehead atoms. The Hall–Kier alpha value is -2.95. The average Bonchev–Trinajstić information content (AvgIpc) is 3.51. The van der Waals surface area contributed by atoms with Crippen molar-refractivity contribution >= 4 is 34.1 Å². The highest BCUT2D eigenvalue weighted by molar-refractivity contribution is 7.16. The van der Waals surface area contributed by atoms with Crippen molar-refractivity contribution in [3.05, 3.63) is 28.7 Å². The Balaban J connectivity index is 1.27. The zero-order valence-corrected chi connectivity index (χ0v) is 19.4. The van der Waals surface area contributed by atoms with E-state index in [-0.39, 0.29) is 36.5 Å². The predicted octanol–water partition coefficient (Wildman–Crippen LogP) is 3.42. The van der Waals surface area contributed by atoms with Crippen LogP contribution in [-0.2, 0) is 22.4 Å². The number of hydrogen-bond donors (Lipinski definition) is 3. The normalized spacial score (nSPS) is 19.2. The molecule has 2 amide bonds. The maximum atomic E-state index is 12.4. The van der Waals surface area contributed by atoms with Gasteiger partial charge in [-0.2, -0.15) is 10.2 Å². The van der Waals surface area contributed by atoms with Crippen LogP contribution in [0, 0.1) is 0 Å². The van der Waals surface area contributed by atoms with Gasteiger partial charge in [-0.1, -0.05) is 25.2 Å². The van der Waals surface area contributed by atoms with E-state index in [1.165, 1.54) is 11.3 Å². The van der Waals surface area contributed by atoms with Crippen LogP contribution >= 0.6 is 11.3 Å². The summed E-state index contributed by atoms with van der Waals surface area (Å²) >= 11 is 1.53. The van der Waals surface area contributed by atoms with Gasteiger partial charge in [0.25, 0.3) is 0 Å². The molecule has 0 saturated heterocycles. The summed E-state index contributed by atoms with van der Waals surface area (Å²) in [4.78, 5) is 29.6. The van der Waals surface area contributed by atoms with Crippen LogP contribution in [-0.4, -0.2) is 48.9 Å². The molecule has 11 heteroatoms. The lowest BCUT2D eigenvalue weighted by Gasteiger charge is -2.16. The molecule has 1 aliphatic carbocycles. The Morgan fingerprint density at radius 1 is 1.38 bits per heavy atom. The van der Waals surface area contributed by atoms with Gasteiger partial charge in [-0.25, -0.2) is 14.3 Å². The zero-order valence-electron chi connectivity index (χ0n) is 18.6. The van der Waals surface area contributed by atoms with Gasteiger partial charge in [-0.3, -0.25) is 9.89 Å². The first-order chi connectivity index (χ1) is 15.4. The number of alkyl carbamates (subject to hydrolysis) is 1. The summed E-state index contributed by atoms with van der Waals surface area (Å²) in [5.41, 5.74) is 1.61. The van der Waals surface area contributed by atoms with Crippen LogP contribution in [0.2, 0.25) is 0 Å². The number of carbonyl (C=O) groups is 2. The van der Waals surface area contributed by atoms with Gasteiger partial charge in [0.15, 0.2) is 5.82 Å². The third-order valence-electron chi connectivity index (χ3n) is 5.72. The molecule has 32 heavy (non-hydrogen) atoms. The van der Waals surface area contributed by atoms with Gasteiger partial charge in [0.1, 0.15) is 11.1 Å². The van der Waals surface area contributed by atoms with E-state index in [1.54, 1.807) is 10.7 Å². The predicted molar refractivity (Wildman–Crippen MR) is 121 cm³/mol. The number of aromatic amines is 1. The van der Waals surface area contributed by atoms with Gasteiger partial charge in [-0.15, -0.1) is 0 Å². The van der Waals surface area contributed by atoms with E-state index in [1.807, 2.05) is 26.8 Å². The maximum absolute atomic E-state index is 12.4. The number of carbonyl (C=O) groups excluding carboxylic acids is 2. The molecule has 3 atom stereocenters. The lowest BCUT2D eigenvalue weighted by Crippen LogP contribution is -2.34. The van der Waals surface area contributed by atoms with Crippen molar-refractivity contribution in [1.82, 2.24) is 30.1 Å². The zero-order chi connectivity index (χ0) is 22.7. The molecule has 0 radical (unpaired) electrons. The number of anilines is 1. The highest BCUT2D eigenvalue weighted by atomic mass is 32.1. The number of rotatable bonds is 8. The summed E-state index contributed by atoms with van der Waals surface area (Å²) in [6.45, 7) is 6.02. The first-order valence-electron chi connectivity index (χ1n) is 11.1. The van der Waals surface area contributed by atoms with Crippen LogP contribution in [0.3, 0.4) is 0 Å². The number of aryl methyl sites for hydroxylation is 1. The molecule has 1 saturated carbocycles. The first kappa shape index (κ1) is 22.3. The maximum Gasteiger partial charge on any atom is 0.407 e. The number of amides is 2. The molecular weight excluding hydrogens is 430 g/mol. The van der Waals surface area contributed by atoms with E-state index in [2.05, 4.69) is 30.9 Å². The molecule has 0 aliphatic heterocycles. The monoisotopic (exact) mass is 459 g/mol. The van der Waals surface area contributed by atoms with Gasteiger partial charge in [0.2, 0.25) is 10.9 Å². The van der Waals surface area contributed by atoms with E-state index in [0.717, 1.165) is 47.8 Å². The fourth-order valence-electron chi connectivity index (χ4n) is 3.79. The van der Waals surface area contributed by atoms with Gasteiger partial charge >= 0.3 is 6.09 Å². The molecule has 4 rings (SSSR count). The van der Waals surface area contributed by atoms with Crippen LogP contribution in [0.15, 0.2) is 12.3 Å². The van der Waals surface area contributed by atoms with Crippen LogP contribution in [0.5, 0.6) is 0 Å². The molecule has 3 N–H and O–H groups in total. The molecule has 172 valence electrons. The largest absolute Gasteiger partial charge is 0.446 e. The minimum Gasteiger partial charge on any atom is -0.446 e. The third kappa shape index (κ3) is 5.26. The molecule has 1 aliphatic rings. The summed E-state index contributed by atoms with van der Waals surface area (Å²) in [5.74, 6) is 0.517. The number of H-pyrrole nitrogens is 1. The molecule has 0 spiro atoms. The number of hydrogen-bond acceptors (Lipinski definition) is 7. The van der Waals surface area contributed by atoms with Crippen molar-refractivity contribution in [3.8, 4) is 0 Å². The molecule has 0 aromatic carbocycles. The molecule has 0 unspecified atom stereocenters. The fourth-order valence-corrected chi connectivity index (χ4v) is 4.63. The van der Waals surface area contributed by atoms with Crippen LogP contribution in [0.1, 0.15) is 68.8 Å². The molecule has 3 aromatic heterocycles. The number of nitrogens with one attached hydrogen (secondary N) is 3. The molecular formula is C21H29N7O3S. The SMILES string of the molecule is CCc1nn2cc(CC(=O)Nc3cc([C@H]4CC[C@@H](OC(=O)N[C@@H](C)CC)C4)[nH]n3)nc2s1. The third-order valence-corrected chi connectivity index (χ3v) is 6.79. The first-order valence-corrected chi connectivity index (χ1v) is 11.9. The number of ether oxygens (including phenoxy) is 1. The second-order valence-corrected chi connectivity index (χ2v) is 9.27. The lowest BCUT2D eigenvalue weighted by atomic mass is 10.0. The Morgan fingerprint density at radius 3 is 2.97 bits per heavy atom. The summed E-state index contributed by atoms with van der Waals surface area (Å²) in [6, 6.07) is 1.95. The topological polar surface area (TPSA) is 126 Å². The number of aromatic nitrogens is 5. The van der Waals surface area contributed by atoms with Gasteiger partial charge in [-0.05, 0) is 39.0 Å². The fraction of sp³-hybridized carbons (Fsp3) is 0.571. The van der Waals surface area contributed by atoms with E-state index < -0.39 is 0 Å². The van der Waals surface area contributed by atoms with E-state index in [4.69, 9.17) is 4.74 Å². The molecule has 3 heterocycles. The summed E-state index contributed by atoms with van der Waals surface area (Å²) in [6.07, 6.45) is 5.65. The van der Waals surface area contributed by atoms with Crippen molar-refractivity contribution in [3.63, 3.8) is 0 Å². The standard InChI is InChI=1S/C21H29N7O3S/c1-4-12(3)22-21(30)31-15-7-6-13(8-15)16-10-17(26-25-16)24-18(29)9-14-11-28-20(23-14)32-19(5-2)27-28/h10-13,15H,4-9H2,1-3H3,(H,22,30)(H2,24,25,26,29)/t12-,13-,15+/m0/s1. The van der Waals surface area contributed by atoms with Crippen molar-refractivity contribution in [1.29, 1.82) is 0 Å². The van der Waals surface area contributed by atoms with Crippen LogP contribution in [0.25, 0.3) is 4.96 Å². The summed E-state index contributed by atoms with van der Waals surface area (Å²) in [5, 5.41) is 18.3. The van der Waals surface area contributed by atoms with Gasteiger partial charge in [0.05, 0.1) is 18.3 Å². The minimum atomic E-state index is -0.358. The second-order valence-electron chi connectivity index (χ2n) is 8.23. The number of fused-ring (bicyclic) bond motifs is 1. The Bertz CT molecular complexity index is 1060. The van der Waals surface area contributed by atoms with Crippen molar-refractivity contribution in [2.24, 2.45) is 0 Å². The number of imidazole rings is 1. The smallest absolute Gasteiger partial charge is 0.407 e. The Morgan fingerprint density at radius 2 is 2.22 bits per heavy atom. The number of nitrogens with zero attached hydrogens (tertiary/aromatic N) is 4. The van der Waals surface area contributed by atoms with E-state index in [9.17, 15) is 9.59 Å². The molecule has 1 fully saturated rings.